The second kappa shape index (κ2) is 10.8. The average Bonchev–Trinajstić information content (AvgIpc) is 2.75. The molecule has 1 saturated heterocycles. The van der Waals surface area contributed by atoms with Crippen molar-refractivity contribution in [1.82, 2.24) is 4.90 Å². The van der Waals surface area contributed by atoms with Crippen LogP contribution in [0.15, 0.2) is 48.5 Å². The molecule has 2 aromatic carbocycles. The van der Waals surface area contributed by atoms with Crippen molar-refractivity contribution in [3.63, 3.8) is 0 Å². The molecule has 0 radical (unpaired) electrons. The van der Waals surface area contributed by atoms with Crippen molar-refractivity contribution in [3.05, 3.63) is 54.1 Å². The number of nitrogens with two attached hydrogens (primary N) is 1. The zero-order chi connectivity index (χ0) is 20.8. The van der Waals surface area contributed by atoms with E-state index in [1.807, 2.05) is 24.3 Å². The first-order chi connectivity index (χ1) is 14.0. The number of carbonyl (C=O) groups excluding carboxylic acids is 2. The predicted octanol–water partition coefficient (Wildman–Crippen LogP) is 3.00. The predicted molar refractivity (Wildman–Crippen MR) is 118 cm³/mol. The molecule has 1 heterocycles. The summed E-state index contributed by atoms with van der Waals surface area (Å²) in [6, 6.07) is 14.4. The fourth-order valence-corrected chi connectivity index (χ4v) is 3.62. The van der Waals surface area contributed by atoms with Crippen molar-refractivity contribution in [2.24, 2.45) is 11.7 Å². The molecule has 1 fully saturated rings. The van der Waals surface area contributed by atoms with Crippen LogP contribution in [0, 0.1) is 5.92 Å². The number of carbonyl (C=O) groups is 2. The topological polar surface area (TPSA) is 93.9 Å². The van der Waals surface area contributed by atoms with Gasteiger partial charge in [0.05, 0.1) is 19.1 Å². The van der Waals surface area contributed by atoms with Crippen LogP contribution in [-0.4, -0.2) is 44.0 Å². The van der Waals surface area contributed by atoms with Crippen LogP contribution in [0.1, 0.15) is 24.4 Å². The van der Waals surface area contributed by atoms with Crippen molar-refractivity contribution < 1.29 is 19.1 Å². The standard InChI is InChI=1S/C22H27N3O4.ClH/c1-25-20(26)12-11-19(21(25)15-3-7-17(28-2)8-4-15)22(27)24-16-5-9-18(10-6-16)29-14-13-23;/h3-10,19,21H,11-14,23H2,1-2H3,(H,24,27);1H. The number of ether oxygens (including phenoxy) is 2. The third kappa shape index (κ3) is 5.43. The highest BCUT2D eigenvalue weighted by atomic mass is 35.5. The number of nitrogens with zero attached hydrogens (tertiary/aromatic N) is 1. The molecule has 2 unspecified atom stereocenters. The Kier molecular flexibility index (Phi) is 8.50. The van der Waals surface area contributed by atoms with Gasteiger partial charge in [0.25, 0.3) is 0 Å². The molecule has 2 atom stereocenters. The molecule has 8 heteroatoms. The lowest BCUT2D eigenvalue weighted by atomic mass is 9.84. The van der Waals surface area contributed by atoms with E-state index in [0.29, 0.717) is 37.4 Å². The number of nitrogens with one attached hydrogen (secondary N) is 1. The Hall–Kier alpha value is -2.77. The second-order valence-electron chi connectivity index (χ2n) is 7.02. The van der Waals surface area contributed by atoms with E-state index in [9.17, 15) is 9.59 Å². The number of hydrogen-bond donors (Lipinski definition) is 2. The number of anilines is 1. The fraction of sp³-hybridized carbons (Fsp3) is 0.364. The number of benzene rings is 2. The number of amides is 2. The van der Waals surface area contributed by atoms with E-state index in [4.69, 9.17) is 15.2 Å². The molecule has 7 nitrogen and oxygen atoms in total. The molecule has 1 aliphatic heterocycles. The van der Waals surface area contributed by atoms with Gasteiger partial charge in [-0.3, -0.25) is 9.59 Å². The van der Waals surface area contributed by atoms with Crippen LogP contribution in [0.4, 0.5) is 5.69 Å². The quantitative estimate of drug-likeness (QED) is 0.700. The zero-order valence-electron chi connectivity index (χ0n) is 17.2. The molecule has 3 rings (SSSR count). The summed E-state index contributed by atoms with van der Waals surface area (Å²) in [5.41, 5.74) is 7.03. The molecular weight excluding hydrogens is 406 g/mol. The highest BCUT2D eigenvalue weighted by Crippen LogP contribution is 2.37. The summed E-state index contributed by atoms with van der Waals surface area (Å²) in [5.74, 6) is 1.01. The van der Waals surface area contributed by atoms with E-state index in [0.717, 1.165) is 11.3 Å². The molecule has 1 aliphatic rings. The molecule has 162 valence electrons. The van der Waals surface area contributed by atoms with Gasteiger partial charge in [0.2, 0.25) is 11.8 Å². The van der Waals surface area contributed by atoms with Crippen LogP contribution in [0.3, 0.4) is 0 Å². The van der Waals surface area contributed by atoms with Gasteiger partial charge >= 0.3 is 0 Å². The van der Waals surface area contributed by atoms with Crippen molar-refractivity contribution in [3.8, 4) is 11.5 Å². The van der Waals surface area contributed by atoms with Crippen LogP contribution >= 0.6 is 12.4 Å². The summed E-state index contributed by atoms with van der Waals surface area (Å²) >= 11 is 0. The summed E-state index contributed by atoms with van der Waals surface area (Å²) < 4.78 is 10.7. The Morgan fingerprint density at radius 3 is 2.37 bits per heavy atom. The second-order valence-corrected chi connectivity index (χ2v) is 7.02. The molecule has 0 aliphatic carbocycles. The van der Waals surface area contributed by atoms with Crippen LogP contribution in [0.5, 0.6) is 11.5 Å². The van der Waals surface area contributed by atoms with E-state index in [-0.39, 0.29) is 36.2 Å². The fourth-order valence-electron chi connectivity index (χ4n) is 3.62. The van der Waals surface area contributed by atoms with E-state index >= 15 is 0 Å². The van der Waals surface area contributed by atoms with Crippen molar-refractivity contribution in [1.29, 1.82) is 0 Å². The van der Waals surface area contributed by atoms with Gasteiger partial charge in [-0.1, -0.05) is 12.1 Å². The largest absolute Gasteiger partial charge is 0.497 e. The normalized spacial score (nSPS) is 18.4. The minimum atomic E-state index is -0.348. The molecule has 0 saturated carbocycles. The third-order valence-electron chi connectivity index (χ3n) is 5.16. The van der Waals surface area contributed by atoms with E-state index < -0.39 is 0 Å². The minimum Gasteiger partial charge on any atom is -0.497 e. The zero-order valence-corrected chi connectivity index (χ0v) is 18.0. The van der Waals surface area contributed by atoms with Crippen LogP contribution < -0.4 is 20.5 Å². The Labute approximate surface area is 182 Å². The van der Waals surface area contributed by atoms with Gasteiger partial charge in [-0.2, -0.15) is 0 Å². The maximum absolute atomic E-state index is 13.1. The lowest BCUT2D eigenvalue weighted by molar-refractivity contribution is -0.140. The first-order valence-electron chi connectivity index (χ1n) is 9.67. The summed E-state index contributed by atoms with van der Waals surface area (Å²) in [6.07, 6.45) is 0.858. The molecule has 0 bridgehead atoms. The number of piperidine rings is 1. The molecule has 0 aromatic heterocycles. The Morgan fingerprint density at radius 1 is 1.13 bits per heavy atom. The first-order valence-corrected chi connectivity index (χ1v) is 9.67. The van der Waals surface area contributed by atoms with Gasteiger partial charge in [0.15, 0.2) is 0 Å². The molecule has 2 aromatic rings. The summed E-state index contributed by atoms with van der Waals surface area (Å²) in [4.78, 5) is 27.0. The van der Waals surface area contributed by atoms with Gasteiger partial charge in [0, 0.05) is 25.7 Å². The van der Waals surface area contributed by atoms with Crippen LogP contribution in [-0.2, 0) is 9.59 Å². The van der Waals surface area contributed by atoms with Gasteiger partial charge < -0.3 is 25.4 Å². The number of halogens is 1. The van der Waals surface area contributed by atoms with Gasteiger partial charge in [-0.25, -0.2) is 0 Å². The minimum absolute atomic E-state index is 0. The van der Waals surface area contributed by atoms with Gasteiger partial charge in [-0.15, -0.1) is 12.4 Å². The number of likely N-dealkylation sites (tertiary alicyclic amines) is 1. The molecular formula is C22H28ClN3O4. The Balaban J connectivity index is 0.00000320. The van der Waals surface area contributed by atoms with E-state index in [1.165, 1.54) is 0 Å². The highest BCUT2D eigenvalue weighted by Gasteiger charge is 2.38. The SMILES string of the molecule is COc1ccc(C2C(C(=O)Nc3ccc(OCCN)cc3)CCC(=O)N2C)cc1.Cl. The number of methoxy groups -OCH3 is 1. The Morgan fingerprint density at radius 2 is 1.77 bits per heavy atom. The first kappa shape index (κ1) is 23.5. The number of hydrogen-bond acceptors (Lipinski definition) is 5. The van der Waals surface area contributed by atoms with Crippen molar-refractivity contribution in [2.75, 3.05) is 32.6 Å². The summed E-state index contributed by atoms with van der Waals surface area (Å²) in [6.45, 7) is 0.886. The number of rotatable bonds is 7. The van der Waals surface area contributed by atoms with Crippen molar-refractivity contribution in [2.45, 2.75) is 18.9 Å². The molecule has 3 N–H and O–H groups in total. The van der Waals surface area contributed by atoms with Gasteiger partial charge in [0.1, 0.15) is 18.1 Å². The molecule has 2 amide bonds. The van der Waals surface area contributed by atoms with Crippen LogP contribution in [0.25, 0.3) is 0 Å². The maximum atomic E-state index is 13.1. The lowest BCUT2D eigenvalue weighted by Gasteiger charge is -2.38. The summed E-state index contributed by atoms with van der Waals surface area (Å²) in [5, 5.41) is 2.97. The third-order valence-corrected chi connectivity index (χ3v) is 5.16. The van der Waals surface area contributed by atoms with Crippen molar-refractivity contribution >= 4 is 29.9 Å². The van der Waals surface area contributed by atoms with Gasteiger partial charge in [-0.05, 0) is 48.4 Å². The highest BCUT2D eigenvalue weighted by molar-refractivity contribution is 5.94. The lowest BCUT2D eigenvalue weighted by Crippen LogP contribution is -2.44. The monoisotopic (exact) mass is 433 g/mol. The summed E-state index contributed by atoms with van der Waals surface area (Å²) in [7, 11) is 3.36. The smallest absolute Gasteiger partial charge is 0.229 e. The average molecular weight is 434 g/mol. The molecule has 30 heavy (non-hydrogen) atoms. The van der Waals surface area contributed by atoms with E-state index in [1.54, 1.807) is 43.3 Å². The van der Waals surface area contributed by atoms with Crippen LogP contribution in [0.2, 0.25) is 0 Å². The Bertz CT molecular complexity index is 842. The molecule has 0 spiro atoms. The maximum Gasteiger partial charge on any atom is 0.229 e. The van der Waals surface area contributed by atoms with E-state index in [2.05, 4.69) is 5.32 Å².